The van der Waals surface area contributed by atoms with Crippen LogP contribution in [0.1, 0.15) is 24.7 Å². The summed E-state index contributed by atoms with van der Waals surface area (Å²) in [7, 11) is 0. The van der Waals surface area contributed by atoms with Crippen molar-refractivity contribution in [3.05, 3.63) is 53.9 Å². The Morgan fingerprint density at radius 2 is 2.05 bits per heavy atom. The first-order valence-electron chi connectivity index (χ1n) is 6.67. The number of hydrogen-bond acceptors (Lipinski definition) is 4. The Morgan fingerprint density at radius 3 is 2.75 bits per heavy atom. The molecule has 1 aromatic carbocycles. The van der Waals surface area contributed by atoms with E-state index in [0.29, 0.717) is 5.75 Å². The van der Waals surface area contributed by atoms with Crippen LogP contribution in [0.4, 0.5) is 4.39 Å². The second-order valence-electron chi connectivity index (χ2n) is 4.43. The van der Waals surface area contributed by atoms with Gasteiger partial charge < -0.3 is 5.32 Å². The highest BCUT2D eigenvalue weighted by molar-refractivity contribution is 7.98. The Labute approximate surface area is 123 Å². The molecule has 0 amide bonds. The molecule has 0 bridgehead atoms. The first-order chi connectivity index (χ1) is 9.78. The van der Waals surface area contributed by atoms with Gasteiger partial charge in [0, 0.05) is 29.4 Å². The molecule has 1 aromatic heterocycles. The average molecular weight is 291 g/mol. The van der Waals surface area contributed by atoms with Crippen molar-refractivity contribution in [2.24, 2.45) is 0 Å². The average Bonchev–Trinajstić information content (AvgIpc) is 2.47. The highest BCUT2D eigenvalue weighted by Crippen LogP contribution is 2.21. The summed E-state index contributed by atoms with van der Waals surface area (Å²) in [5.41, 5.74) is 1.08. The van der Waals surface area contributed by atoms with Crippen molar-refractivity contribution in [3.8, 4) is 0 Å². The number of thioether (sulfide) groups is 1. The molecule has 0 unspecified atom stereocenters. The van der Waals surface area contributed by atoms with Crippen molar-refractivity contribution in [2.45, 2.75) is 30.5 Å². The lowest BCUT2D eigenvalue weighted by atomic mass is 10.3. The molecule has 1 N–H and O–H groups in total. The van der Waals surface area contributed by atoms with E-state index in [1.165, 1.54) is 23.9 Å². The highest BCUT2D eigenvalue weighted by atomic mass is 32.2. The molecule has 0 fully saturated rings. The molecule has 0 spiro atoms. The monoisotopic (exact) mass is 291 g/mol. The van der Waals surface area contributed by atoms with Crippen LogP contribution < -0.4 is 5.32 Å². The summed E-state index contributed by atoms with van der Waals surface area (Å²) < 4.78 is 13.0. The largest absolute Gasteiger partial charge is 0.313 e. The van der Waals surface area contributed by atoms with Crippen molar-refractivity contribution in [3.63, 3.8) is 0 Å². The van der Waals surface area contributed by atoms with Crippen LogP contribution in [0, 0.1) is 5.82 Å². The van der Waals surface area contributed by atoms with Crippen LogP contribution in [-0.4, -0.2) is 16.5 Å². The van der Waals surface area contributed by atoms with E-state index in [1.54, 1.807) is 6.07 Å². The third kappa shape index (κ3) is 4.90. The minimum absolute atomic E-state index is 0.215. The van der Waals surface area contributed by atoms with Crippen LogP contribution in [0.25, 0.3) is 0 Å². The molecule has 0 aliphatic rings. The van der Waals surface area contributed by atoms with Gasteiger partial charge in [0.15, 0.2) is 0 Å². The van der Waals surface area contributed by atoms with Crippen LogP contribution >= 0.6 is 11.8 Å². The van der Waals surface area contributed by atoms with E-state index in [1.807, 2.05) is 18.5 Å². The van der Waals surface area contributed by atoms with E-state index in [4.69, 9.17) is 0 Å². The normalized spacial score (nSPS) is 10.7. The van der Waals surface area contributed by atoms with Gasteiger partial charge in [-0.15, -0.1) is 11.8 Å². The fourth-order valence-corrected chi connectivity index (χ4v) is 2.48. The lowest BCUT2D eigenvalue weighted by Crippen LogP contribution is -2.14. The molecule has 2 aromatic rings. The van der Waals surface area contributed by atoms with Gasteiger partial charge in [0.05, 0.1) is 5.75 Å². The first-order valence-corrected chi connectivity index (χ1v) is 7.65. The van der Waals surface area contributed by atoms with Crippen molar-refractivity contribution >= 4 is 11.8 Å². The van der Waals surface area contributed by atoms with Gasteiger partial charge in [-0.2, -0.15) is 0 Å². The Hall–Kier alpha value is -1.46. The zero-order valence-electron chi connectivity index (χ0n) is 11.5. The van der Waals surface area contributed by atoms with Crippen LogP contribution in [0.5, 0.6) is 0 Å². The maximum absolute atomic E-state index is 13.0. The van der Waals surface area contributed by atoms with Crippen molar-refractivity contribution in [2.75, 3.05) is 6.54 Å². The molecular weight excluding hydrogens is 273 g/mol. The summed E-state index contributed by atoms with van der Waals surface area (Å²) in [6.45, 7) is 3.93. The van der Waals surface area contributed by atoms with Gasteiger partial charge in [-0.25, -0.2) is 14.4 Å². The molecule has 0 aliphatic heterocycles. The lowest BCUT2D eigenvalue weighted by Gasteiger charge is -2.04. The minimum Gasteiger partial charge on any atom is -0.313 e. The van der Waals surface area contributed by atoms with E-state index in [2.05, 4.69) is 22.2 Å². The van der Waals surface area contributed by atoms with Crippen LogP contribution in [0.2, 0.25) is 0 Å². The van der Waals surface area contributed by atoms with Gasteiger partial charge in [-0.1, -0.05) is 13.0 Å². The van der Waals surface area contributed by atoms with E-state index in [9.17, 15) is 4.39 Å². The zero-order valence-corrected chi connectivity index (χ0v) is 12.3. The topological polar surface area (TPSA) is 37.8 Å². The Morgan fingerprint density at radius 1 is 1.25 bits per heavy atom. The first kappa shape index (κ1) is 14.9. The molecule has 0 atom stereocenters. The predicted octanol–water partition coefficient (Wildman–Crippen LogP) is 3.41. The second kappa shape index (κ2) is 7.97. The standard InChI is InChI=1S/C15H18FN3S/c1-2-6-17-8-12-9-18-15(19-10-12)11-20-14-5-3-4-13(16)7-14/h3-5,7,9-10,17H,2,6,8,11H2,1H3. The number of benzene rings is 1. The summed E-state index contributed by atoms with van der Waals surface area (Å²) in [4.78, 5) is 9.55. The molecule has 0 aliphatic carbocycles. The number of nitrogens with one attached hydrogen (secondary N) is 1. The Bertz CT molecular complexity index is 531. The van der Waals surface area contributed by atoms with Gasteiger partial charge >= 0.3 is 0 Å². The summed E-state index contributed by atoms with van der Waals surface area (Å²) in [5, 5.41) is 3.31. The maximum atomic E-state index is 13.0. The minimum atomic E-state index is -0.215. The molecular formula is C15H18FN3S. The number of nitrogens with zero attached hydrogens (tertiary/aromatic N) is 2. The SMILES string of the molecule is CCCNCc1cnc(CSc2cccc(F)c2)nc1. The van der Waals surface area contributed by atoms with E-state index >= 15 is 0 Å². The molecule has 0 radical (unpaired) electrons. The van der Waals surface area contributed by atoms with E-state index in [0.717, 1.165) is 35.8 Å². The fourth-order valence-electron chi connectivity index (χ4n) is 1.66. The lowest BCUT2D eigenvalue weighted by molar-refractivity contribution is 0.624. The summed E-state index contributed by atoms with van der Waals surface area (Å²) in [5.74, 6) is 1.19. The molecule has 106 valence electrons. The molecule has 20 heavy (non-hydrogen) atoms. The molecule has 3 nitrogen and oxygen atoms in total. The molecule has 0 saturated carbocycles. The van der Waals surface area contributed by atoms with Crippen LogP contribution in [0.3, 0.4) is 0 Å². The predicted molar refractivity (Wildman–Crippen MR) is 80.0 cm³/mol. The maximum Gasteiger partial charge on any atom is 0.138 e. The van der Waals surface area contributed by atoms with Gasteiger partial charge in [0.25, 0.3) is 0 Å². The van der Waals surface area contributed by atoms with Gasteiger partial charge in [-0.05, 0) is 31.2 Å². The fraction of sp³-hybridized carbons (Fsp3) is 0.333. The summed E-state index contributed by atoms with van der Waals surface area (Å²) in [6, 6.07) is 6.56. The van der Waals surface area contributed by atoms with Crippen molar-refractivity contribution in [1.82, 2.24) is 15.3 Å². The molecule has 1 heterocycles. The van der Waals surface area contributed by atoms with Crippen molar-refractivity contribution in [1.29, 1.82) is 0 Å². The van der Waals surface area contributed by atoms with E-state index < -0.39 is 0 Å². The van der Waals surface area contributed by atoms with E-state index in [-0.39, 0.29) is 5.82 Å². The number of rotatable bonds is 7. The van der Waals surface area contributed by atoms with Crippen LogP contribution in [0.15, 0.2) is 41.6 Å². The van der Waals surface area contributed by atoms with Crippen molar-refractivity contribution < 1.29 is 4.39 Å². The third-order valence-electron chi connectivity index (χ3n) is 2.68. The molecule has 0 saturated heterocycles. The molecule has 2 rings (SSSR count). The Kier molecular flexibility index (Phi) is 5.95. The number of aromatic nitrogens is 2. The third-order valence-corrected chi connectivity index (χ3v) is 3.67. The smallest absolute Gasteiger partial charge is 0.138 e. The number of hydrogen-bond donors (Lipinski definition) is 1. The summed E-state index contributed by atoms with van der Waals surface area (Å²) in [6.07, 6.45) is 4.80. The summed E-state index contributed by atoms with van der Waals surface area (Å²) >= 11 is 1.53. The highest BCUT2D eigenvalue weighted by Gasteiger charge is 2.01. The zero-order chi connectivity index (χ0) is 14.2. The van der Waals surface area contributed by atoms with Gasteiger partial charge in [0.1, 0.15) is 11.6 Å². The number of halogens is 1. The van der Waals surface area contributed by atoms with Gasteiger partial charge in [-0.3, -0.25) is 0 Å². The quantitative estimate of drug-likeness (QED) is 0.626. The Balaban J connectivity index is 1.84. The van der Waals surface area contributed by atoms with Crippen LogP contribution in [-0.2, 0) is 12.3 Å². The second-order valence-corrected chi connectivity index (χ2v) is 5.48. The molecule has 5 heteroatoms. The van der Waals surface area contributed by atoms with Gasteiger partial charge in [0.2, 0.25) is 0 Å².